The molecule has 0 aliphatic rings. The minimum absolute atomic E-state index is 0.143. The van der Waals surface area contributed by atoms with Gasteiger partial charge in [0.15, 0.2) is 0 Å². The van der Waals surface area contributed by atoms with Gasteiger partial charge in [0, 0.05) is 18.7 Å². The summed E-state index contributed by atoms with van der Waals surface area (Å²) in [7, 11) is 0. The third-order valence-electron chi connectivity index (χ3n) is 3.34. The molecular formula is C19H20FN3O2. The van der Waals surface area contributed by atoms with Gasteiger partial charge in [-0.3, -0.25) is 4.79 Å². The van der Waals surface area contributed by atoms with Gasteiger partial charge in [0.05, 0.1) is 19.2 Å². The molecule has 0 heterocycles. The van der Waals surface area contributed by atoms with Crippen LogP contribution in [0, 0.1) is 17.1 Å². The molecule has 0 aromatic heterocycles. The van der Waals surface area contributed by atoms with Crippen LogP contribution in [0.4, 0.5) is 10.1 Å². The van der Waals surface area contributed by atoms with Gasteiger partial charge in [-0.05, 0) is 48.4 Å². The molecule has 0 bridgehead atoms. The summed E-state index contributed by atoms with van der Waals surface area (Å²) in [6.07, 6.45) is 1.17. The molecule has 0 saturated carbocycles. The molecule has 2 rings (SSSR count). The van der Waals surface area contributed by atoms with E-state index in [0.717, 1.165) is 11.3 Å². The van der Waals surface area contributed by atoms with Gasteiger partial charge in [-0.25, -0.2) is 4.39 Å². The Morgan fingerprint density at radius 2 is 2.00 bits per heavy atom. The fourth-order valence-electron chi connectivity index (χ4n) is 2.15. The van der Waals surface area contributed by atoms with Crippen molar-refractivity contribution in [1.82, 2.24) is 5.32 Å². The number of benzene rings is 2. The molecule has 0 fully saturated rings. The van der Waals surface area contributed by atoms with E-state index in [0.29, 0.717) is 31.7 Å². The predicted octanol–water partition coefficient (Wildman–Crippen LogP) is 3.24. The highest BCUT2D eigenvalue weighted by Crippen LogP contribution is 2.13. The number of nitriles is 1. The normalized spacial score (nSPS) is 10.1. The van der Waals surface area contributed by atoms with E-state index < -0.39 is 0 Å². The Kier molecular flexibility index (Phi) is 7.41. The monoisotopic (exact) mass is 341 g/mol. The smallest absolute Gasteiger partial charge is 0.238 e. The van der Waals surface area contributed by atoms with E-state index in [1.165, 1.54) is 24.3 Å². The number of hydrogen-bond acceptors (Lipinski definition) is 4. The van der Waals surface area contributed by atoms with Crippen molar-refractivity contribution in [2.24, 2.45) is 0 Å². The maximum atomic E-state index is 12.8. The number of unbranched alkanes of at least 4 members (excludes halogenated alkanes) is 1. The van der Waals surface area contributed by atoms with Crippen LogP contribution in [0.1, 0.15) is 18.4 Å². The maximum Gasteiger partial charge on any atom is 0.238 e. The first-order valence-corrected chi connectivity index (χ1v) is 8.02. The highest BCUT2D eigenvalue weighted by atomic mass is 19.1. The summed E-state index contributed by atoms with van der Waals surface area (Å²) >= 11 is 0. The van der Waals surface area contributed by atoms with E-state index in [9.17, 15) is 9.18 Å². The molecular weight excluding hydrogens is 321 g/mol. The number of carbonyl (C=O) groups excluding carboxylic acids is 1. The largest absolute Gasteiger partial charge is 0.494 e. The molecule has 2 aromatic carbocycles. The third kappa shape index (κ3) is 7.02. The summed E-state index contributed by atoms with van der Waals surface area (Å²) in [6, 6.07) is 15.3. The lowest BCUT2D eigenvalue weighted by Crippen LogP contribution is -2.27. The number of ether oxygens (including phenoxy) is 1. The molecule has 5 nitrogen and oxygen atoms in total. The van der Waals surface area contributed by atoms with Crippen LogP contribution in [0.5, 0.6) is 5.75 Å². The number of halogens is 1. The number of hydrogen-bond donors (Lipinski definition) is 2. The lowest BCUT2D eigenvalue weighted by Gasteiger charge is -2.09. The standard InChI is InChI=1S/C19H20FN3O2/c20-16-6-8-17(9-7-16)23-19(24)14-22-13-15-4-3-5-18(12-15)25-11-2-1-10-21/h3-9,12,22H,1-2,11,13-14H2,(H,23,24). The van der Waals surface area contributed by atoms with Crippen LogP contribution < -0.4 is 15.4 Å². The van der Waals surface area contributed by atoms with E-state index in [4.69, 9.17) is 10.00 Å². The maximum absolute atomic E-state index is 12.8. The fourth-order valence-corrected chi connectivity index (χ4v) is 2.15. The summed E-state index contributed by atoms with van der Waals surface area (Å²) in [4.78, 5) is 11.8. The number of nitrogens with zero attached hydrogens (tertiary/aromatic N) is 1. The van der Waals surface area contributed by atoms with Crippen LogP contribution in [0.3, 0.4) is 0 Å². The topological polar surface area (TPSA) is 74.1 Å². The van der Waals surface area contributed by atoms with Crippen molar-refractivity contribution in [1.29, 1.82) is 5.26 Å². The zero-order valence-electron chi connectivity index (χ0n) is 13.8. The number of nitrogens with one attached hydrogen (secondary N) is 2. The van der Waals surface area contributed by atoms with Crippen LogP contribution in [0.25, 0.3) is 0 Å². The summed E-state index contributed by atoms with van der Waals surface area (Å²) in [6.45, 7) is 1.17. The number of rotatable bonds is 9. The number of amides is 1. The third-order valence-corrected chi connectivity index (χ3v) is 3.34. The van der Waals surface area contributed by atoms with E-state index in [2.05, 4.69) is 16.7 Å². The van der Waals surface area contributed by atoms with Gasteiger partial charge in [-0.1, -0.05) is 12.1 Å². The zero-order chi connectivity index (χ0) is 17.9. The molecule has 2 N–H and O–H groups in total. The van der Waals surface area contributed by atoms with E-state index >= 15 is 0 Å². The molecule has 6 heteroatoms. The average Bonchev–Trinajstić information content (AvgIpc) is 2.61. The van der Waals surface area contributed by atoms with Crippen LogP contribution in [-0.4, -0.2) is 19.1 Å². The van der Waals surface area contributed by atoms with Gasteiger partial charge >= 0.3 is 0 Å². The molecule has 0 saturated heterocycles. The molecule has 0 atom stereocenters. The first-order chi connectivity index (χ1) is 12.2. The van der Waals surface area contributed by atoms with Crippen molar-refractivity contribution in [2.75, 3.05) is 18.5 Å². The summed E-state index contributed by atoms with van der Waals surface area (Å²) in [5.41, 5.74) is 1.55. The summed E-state index contributed by atoms with van der Waals surface area (Å²) < 4.78 is 18.4. The highest BCUT2D eigenvalue weighted by molar-refractivity contribution is 5.92. The summed E-state index contributed by atoms with van der Waals surface area (Å²) in [5.74, 6) is 0.203. The average molecular weight is 341 g/mol. The zero-order valence-corrected chi connectivity index (χ0v) is 13.8. The second-order valence-electron chi connectivity index (χ2n) is 5.42. The minimum Gasteiger partial charge on any atom is -0.494 e. The van der Waals surface area contributed by atoms with Crippen LogP contribution in [-0.2, 0) is 11.3 Å². The second-order valence-corrected chi connectivity index (χ2v) is 5.42. The molecule has 0 unspecified atom stereocenters. The Hall–Kier alpha value is -2.91. The Balaban J connectivity index is 1.72. The van der Waals surface area contributed by atoms with Crippen molar-refractivity contribution in [3.8, 4) is 11.8 Å². The van der Waals surface area contributed by atoms with Gasteiger partial charge in [0.1, 0.15) is 11.6 Å². The molecule has 1 amide bonds. The second kappa shape index (κ2) is 10.1. The Morgan fingerprint density at radius 3 is 2.76 bits per heavy atom. The predicted molar refractivity (Wildman–Crippen MR) is 93.5 cm³/mol. The van der Waals surface area contributed by atoms with Crippen molar-refractivity contribution < 1.29 is 13.9 Å². The molecule has 2 aromatic rings. The van der Waals surface area contributed by atoms with Gasteiger partial charge < -0.3 is 15.4 Å². The molecule has 0 aliphatic carbocycles. The SMILES string of the molecule is N#CCCCOc1cccc(CNCC(=O)Nc2ccc(F)cc2)c1. The van der Waals surface area contributed by atoms with Crippen LogP contribution >= 0.6 is 0 Å². The summed E-state index contributed by atoms with van der Waals surface area (Å²) in [5, 5.41) is 14.2. The van der Waals surface area contributed by atoms with E-state index in [1.54, 1.807) is 0 Å². The highest BCUT2D eigenvalue weighted by Gasteiger charge is 2.03. The minimum atomic E-state index is -0.342. The number of anilines is 1. The lowest BCUT2D eigenvalue weighted by atomic mass is 10.2. The Bertz CT molecular complexity index is 726. The Morgan fingerprint density at radius 1 is 1.20 bits per heavy atom. The number of carbonyl (C=O) groups is 1. The van der Waals surface area contributed by atoms with Crippen LogP contribution in [0.15, 0.2) is 48.5 Å². The van der Waals surface area contributed by atoms with E-state index in [-0.39, 0.29) is 18.3 Å². The van der Waals surface area contributed by atoms with Crippen LogP contribution in [0.2, 0.25) is 0 Å². The van der Waals surface area contributed by atoms with Crippen molar-refractivity contribution in [3.63, 3.8) is 0 Å². The molecule has 0 spiro atoms. The fraction of sp³-hybridized carbons (Fsp3) is 0.263. The first kappa shape index (κ1) is 18.4. The Labute approximate surface area is 146 Å². The quantitative estimate of drug-likeness (QED) is 0.687. The van der Waals surface area contributed by atoms with Crippen molar-refractivity contribution in [2.45, 2.75) is 19.4 Å². The lowest BCUT2D eigenvalue weighted by molar-refractivity contribution is -0.115. The van der Waals surface area contributed by atoms with Gasteiger partial charge in [0.25, 0.3) is 0 Å². The molecule has 130 valence electrons. The van der Waals surface area contributed by atoms with Crippen molar-refractivity contribution in [3.05, 3.63) is 59.9 Å². The molecule has 25 heavy (non-hydrogen) atoms. The molecule has 0 aliphatic heterocycles. The van der Waals surface area contributed by atoms with Crippen molar-refractivity contribution >= 4 is 11.6 Å². The van der Waals surface area contributed by atoms with Gasteiger partial charge in [0.2, 0.25) is 5.91 Å². The van der Waals surface area contributed by atoms with Gasteiger partial charge in [-0.2, -0.15) is 5.26 Å². The van der Waals surface area contributed by atoms with E-state index in [1.807, 2.05) is 24.3 Å². The first-order valence-electron chi connectivity index (χ1n) is 8.02. The van der Waals surface area contributed by atoms with Gasteiger partial charge in [-0.15, -0.1) is 0 Å². The molecule has 0 radical (unpaired) electrons.